The number of pyridine rings is 1. The first kappa shape index (κ1) is 18.5. The molecular weight excluding hydrogens is 356 g/mol. The highest BCUT2D eigenvalue weighted by Crippen LogP contribution is 2.42. The molecule has 0 amide bonds. The van der Waals surface area contributed by atoms with Gasteiger partial charge in [-0.1, -0.05) is 0 Å². The molecule has 140 valence electrons. The van der Waals surface area contributed by atoms with E-state index < -0.39 is 11.6 Å². The maximum absolute atomic E-state index is 14.8. The van der Waals surface area contributed by atoms with Crippen molar-refractivity contribution < 1.29 is 23.0 Å². The molecule has 0 bridgehead atoms. The van der Waals surface area contributed by atoms with Gasteiger partial charge < -0.3 is 14.2 Å². The Bertz CT molecular complexity index is 956. The lowest BCUT2D eigenvalue weighted by Crippen LogP contribution is -2.04. The van der Waals surface area contributed by atoms with Crippen molar-refractivity contribution >= 4 is 0 Å². The van der Waals surface area contributed by atoms with Crippen molar-refractivity contribution in [2.75, 3.05) is 21.3 Å². The molecule has 27 heavy (non-hydrogen) atoms. The van der Waals surface area contributed by atoms with Crippen molar-refractivity contribution in [3.05, 3.63) is 47.8 Å². The van der Waals surface area contributed by atoms with E-state index >= 15 is 0 Å². The smallest absolute Gasteiger partial charge is 0.241 e. The fourth-order valence-corrected chi connectivity index (χ4v) is 2.79. The average Bonchev–Trinajstić information content (AvgIpc) is 2.68. The van der Waals surface area contributed by atoms with Crippen molar-refractivity contribution in [3.63, 3.8) is 0 Å². The van der Waals surface area contributed by atoms with Crippen LogP contribution in [0.4, 0.5) is 8.78 Å². The molecule has 0 unspecified atom stereocenters. The van der Waals surface area contributed by atoms with Gasteiger partial charge in [0.1, 0.15) is 17.4 Å². The van der Waals surface area contributed by atoms with Gasteiger partial charge in [-0.3, -0.25) is 0 Å². The zero-order valence-electron chi connectivity index (χ0n) is 15.2. The number of nitrogens with zero attached hydrogens (tertiary/aromatic N) is 3. The molecule has 0 fully saturated rings. The molecule has 0 N–H and O–H groups in total. The number of benzene rings is 1. The standard InChI is InChI=1S/C19H17F2N3O3/c1-10-16(11-5-6-15(26-3)22-9-11)18(19(27-4)24-23-10)17-13(20)7-12(25-2)8-14(17)21/h5-9H,1-4H3. The van der Waals surface area contributed by atoms with Crippen LogP contribution >= 0.6 is 0 Å². The van der Waals surface area contributed by atoms with Crippen LogP contribution in [0.15, 0.2) is 30.5 Å². The summed E-state index contributed by atoms with van der Waals surface area (Å²) in [5.74, 6) is -1.14. The summed E-state index contributed by atoms with van der Waals surface area (Å²) < 4.78 is 44.8. The molecule has 3 aromatic rings. The normalized spacial score (nSPS) is 10.6. The predicted octanol–water partition coefficient (Wildman–Crippen LogP) is 3.82. The Balaban J connectivity index is 2.34. The van der Waals surface area contributed by atoms with E-state index in [2.05, 4.69) is 15.2 Å². The Morgan fingerprint density at radius 1 is 0.815 bits per heavy atom. The summed E-state index contributed by atoms with van der Waals surface area (Å²) in [5.41, 5.74) is 1.38. The maximum atomic E-state index is 14.8. The summed E-state index contributed by atoms with van der Waals surface area (Å²) in [7, 11) is 4.19. The first-order chi connectivity index (χ1) is 13.0. The molecule has 0 radical (unpaired) electrons. The second-order valence-electron chi connectivity index (χ2n) is 5.60. The van der Waals surface area contributed by atoms with Crippen molar-refractivity contribution in [3.8, 4) is 39.8 Å². The van der Waals surface area contributed by atoms with Gasteiger partial charge in [0.15, 0.2) is 0 Å². The van der Waals surface area contributed by atoms with E-state index in [1.807, 2.05) is 0 Å². The summed E-state index contributed by atoms with van der Waals surface area (Å²) in [5, 5.41) is 7.98. The van der Waals surface area contributed by atoms with Gasteiger partial charge in [-0.05, 0) is 13.0 Å². The number of halogens is 2. The first-order valence-electron chi connectivity index (χ1n) is 7.95. The van der Waals surface area contributed by atoms with Crippen LogP contribution in [-0.2, 0) is 0 Å². The third-order valence-electron chi connectivity index (χ3n) is 4.05. The van der Waals surface area contributed by atoms with E-state index in [9.17, 15) is 8.78 Å². The average molecular weight is 373 g/mol. The topological polar surface area (TPSA) is 66.4 Å². The van der Waals surface area contributed by atoms with Crippen molar-refractivity contribution in [1.29, 1.82) is 0 Å². The molecule has 2 heterocycles. The Labute approximate surface area is 154 Å². The second kappa shape index (κ2) is 7.53. The predicted molar refractivity (Wildman–Crippen MR) is 95.0 cm³/mol. The summed E-state index contributed by atoms with van der Waals surface area (Å²) >= 11 is 0. The molecule has 6 nitrogen and oxygen atoms in total. The molecule has 0 aliphatic carbocycles. The highest BCUT2D eigenvalue weighted by Gasteiger charge is 2.25. The van der Waals surface area contributed by atoms with Crippen molar-refractivity contribution in [1.82, 2.24) is 15.2 Å². The summed E-state index contributed by atoms with van der Waals surface area (Å²) in [6, 6.07) is 5.57. The minimum atomic E-state index is -0.805. The highest BCUT2D eigenvalue weighted by atomic mass is 19.1. The Morgan fingerprint density at radius 2 is 1.52 bits per heavy atom. The second-order valence-corrected chi connectivity index (χ2v) is 5.60. The highest BCUT2D eigenvalue weighted by molar-refractivity contribution is 5.88. The fourth-order valence-electron chi connectivity index (χ4n) is 2.79. The number of rotatable bonds is 5. The van der Waals surface area contributed by atoms with Gasteiger partial charge in [-0.25, -0.2) is 13.8 Å². The van der Waals surface area contributed by atoms with E-state index in [-0.39, 0.29) is 22.8 Å². The van der Waals surface area contributed by atoms with Crippen molar-refractivity contribution in [2.45, 2.75) is 6.92 Å². The molecule has 0 saturated heterocycles. The molecule has 3 rings (SSSR count). The number of aryl methyl sites for hydroxylation is 1. The van der Waals surface area contributed by atoms with E-state index in [0.717, 1.165) is 12.1 Å². The van der Waals surface area contributed by atoms with Gasteiger partial charge in [0.05, 0.1) is 38.2 Å². The minimum absolute atomic E-state index is 0.00520. The molecule has 0 spiro atoms. The molecule has 0 saturated carbocycles. The molecule has 8 heteroatoms. The lowest BCUT2D eigenvalue weighted by molar-refractivity contribution is 0.392. The summed E-state index contributed by atoms with van der Waals surface area (Å²) in [6.45, 7) is 1.69. The quantitative estimate of drug-likeness (QED) is 0.677. The molecule has 0 aliphatic rings. The fraction of sp³-hybridized carbons (Fsp3) is 0.211. The molecule has 0 aliphatic heterocycles. The third-order valence-corrected chi connectivity index (χ3v) is 4.05. The zero-order chi connectivity index (χ0) is 19.6. The van der Waals surface area contributed by atoms with Gasteiger partial charge in [0, 0.05) is 35.5 Å². The lowest BCUT2D eigenvalue weighted by Gasteiger charge is -2.16. The van der Waals surface area contributed by atoms with Gasteiger partial charge >= 0.3 is 0 Å². The monoisotopic (exact) mass is 373 g/mol. The number of aromatic nitrogens is 3. The Kier molecular flexibility index (Phi) is 5.16. The van der Waals surface area contributed by atoms with Crippen LogP contribution < -0.4 is 14.2 Å². The van der Waals surface area contributed by atoms with Crippen LogP contribution in [-0.4, -0.2) is 36.5 Å². The van der Waals surface area contributed by atoms with Gasteiger partial charge in [-0.15, -0.1) is 5.10 Å². The van der Waals surface area contributed by atoms with E-state index in [4.69, 9.17) is 14.2 Å². The minimum Gasteiger partial charge on any atom is -0.497 e. The van der Waals surface area contributed by atoms with Crippen LogP contribution in [0.3, 0.4) is 0 Å². The SMILES string of the molecule is COc1cc(F)c(-c2c(OC)nnc(C)c2-c2ccc(OC)nc2)c(F)c1. The Morgan fingerprint density at radius 3 is 2.04 bits per heavy atom. The van der Waals surface area contributed by atoms with Gasteiger partial charge in [0.2, 0.25) is 11.8 Å². The first-order valence-corrected chi connectivity index (χ1v) is 7.95. The molecule has 1 aromatic carbocycles. The van der Waals surface area contributed by atoms with E-state index in [1.165, 1.54) is 27.5 Å². The number of hydrogen-bond donors (Lipinski definition) is 0. The van der Waals surface area contributed by atoms with Gasteiger partial charge in [0.25, 0.3) is 0 Å². The summed E-state index contributed by atoms with van der Waals surface area (Å²) in [4.78, 5) is 4.16. The van der Waals surface area contributed by atoms with Gasteiger partial charge in [-0.2, -0.15) is 5.10 Å². The number of ether oxygens (including phenoxy) is 3. The van der Waals surface area contributed by atoms with Crippen LogP contribution in [0, 0.1) is 18.6 Å². The van der Waals surface area contributed by atoms with Crippen LogP contribution in [0.25, 0.3) is 22.3 Å². The Hall–Kier alpha value is -3.29. The third kappa shape index (κ3) is 3.38. The van der Waals surface area contributed by atoms with E-state index in [1.54, 1.807) is 19.1 Å². The number of hydrogen-bond acceptors (Lipinski definition) is 6. The number of methoxy groups -OCH3 is 3. The van der Waals surface area contributed by atoms with Crippen molar-refractivity contribution in [2.24, 2.45) is 0 Å². The molecular formula is C19H17F2N3O3. The molecule has 2 aromatic heterocycles. The maximum Gasteiger partial charge on any atom is 0.241 e. The lowest BCUT2D eigenvalue weighted by atomic mass is 9.94. The molecule has 0 atom stereocenters. The largest absolute Gasteiger partial charge is 0.497 e. The van der Waals surface area contributed by atoms with Crippen LogP contribution in [0.5, 0.6) is 17.5 Å². The zero-order valence-corrected chi connectivity index (χ0v) is 15.2. The van der Waals surface area contributed by atoms with E-state index in [0.29, 0.717) is 22.7 Å². The van der Waals surface area contributed by atoms with Crippen LogP contribution in [0.2, 0.25) is 0 Å². The summed E-state index contributed by atoms with van der Waals surface area (Å²) in [6.07, 6.45) is 1.53. The van der Waals surface area contributed by atoms with Crippen LogP contribution in [0.1, 0.15) is 5.69 Å².